The highest BCUT2D eigenvalue weighted by Gasteiger charge is 2.19. The molecule has 0 spiro atoms. The zero-order chi connectivity index (χ0) is 15.9. The second-order valence-corrected chi connectivity index (χ2v) is 4.75. The molecule has 0 saturated carbocycles. The van der Waals surface area contributed by atoms with Crippen molar-refractivity contribution >= 4 is 23.5 Å². The van der Waals surface area contributed by atoms with Crippen LogP contribution in [-0.4, -0.2) is 30.0 Å². The quantitative estimate of drug-likeness (QED) is 0.613. The minimum Gasteiger partial charge on any atom is -0.425 e. The van der Waals surface area contributed by atoms with E-state index in [1.54, 1.807) is 18.2 Å². The third-order valence-corrected chi connectivity index (χ3v) is 3.10. The van der Waals surface area contributed by atoms with Gasteiger partial charge in [0.2, 0.25) is 5.91 Å². The highest BCUT2D eigenvalue weighted by atomic mass is 16.5. The molecule has 2 rings (SSSR count). The molecular weight excluding hydrogens is 286 g/mol. The molecular formula is C15H17N3O4. The first kappa shape index (κ1) is 15.7. The summed E-state index contributed by atoms with van der Waals surface area (Å²) in [6.45, 7) is 1.74. The zero-order valence-corrected chi connectivity index (χ0v) is 12.2. The molecule has 1 aliphatic heterocycles. The fraction of sp³-hybridized carbons (Fsp3) is 0.333. The smallest absolute Gasteiger partial charge is 0.330 e. The van der Waals surface area contributed by atoms with Crippen LogP contribution in [-0.2, 0) is 20.8 Å². The van der Waals surface area contributed by atoms with Gasteiger partial charge in [0.1, 0.15) is 18.0 Å². The lowest BCUT2D eigenvalue weighted by Gasteiger charge is -2.11. The molecule has 0 unspecified atom stereocenters. The number of benzene rings is 1. The van der Waals surface area contributed by atoms with E-state index in [1.165, 1.54) is 0 Å². The predicted molar refractivity (Wildman–Crippen MR) is 79.3 cm³/mol. The van der Waals surface area contributed by atoms with Crippen LogP contribution in [0, 0.1) is 0 Å². The van der Waals surface area contributed by atoms with Crippen molar-refractivity contribution in [2.75, 3.05) is 6.54 Å². The van der Waals surface area contributed by atoms with Gasteiger partial charge >= 0.3 is 5.97 Å². The molecule has 0 radical (unpaired) electrons. The maximum atomic E-state index is 11.8. The Morgan fingerprint density at radius 3 is 2.86 bits per heavy atom. The third-order valence-electron chi connectivity index (χ3n) is 3.10. The molecule has 2 N–H and O–H groups in total. The van der Waals surface area contributed by atoms with E-state index in [0.29, 0.717) is 5.75 Å². The van der Waals surface area contributed by atoms with E-state index in [2.05, 4.69) is 15.8 Å². The summed E-state index contributed by atoms with van der Waals surface area (Å²) in [4.78, 5) is 34.4. The molecule has 0 fully saturated rings. The Bertz CT molecular complexity index is 625. The number of ether oxygens (including phenoxy) is 1. The molecule has 1 heterocycles. The molecule has 0 saturated heterocycles. The van der Waals surface area contributed by atoms with Crippen molar-refractivity contribution in [3.63, 3.8) is 0 Å². The Morgan fingerprint density at radius 1 is 1.36 bits per heavy atom. The van der Waals surface area contributed by atoms with Crippen LogP contribution in [0.3, 0.4) is 0 Å². The van der Waals surface area contributed by atoms with Crippen LogP contribution in [0.5, 0.6) is 5.75 Å². The molecule has 0 atom stereocenters. The van der Waals surface area contributed by atoms with Crippen molar-refractivity contribution in [3.05, 3.63) is 29.8 Å². The molecule has 0 aromatic heterocycles. The Hall–Kier alpha value is -2.70. The largest absolute Gasteiger partial charge is 0.425 e. The lowest BCUT2D eigenvalue weighted by atomic mass is 10.1. The average Bonchev–Trinajstić information content (AvgIpc) is 2.53. The molecule has 1 aliphatic rings. The van der Waals surface area contributed by atoms with Gasteiger partial charge < -0.3 is 10.1 Å². The summed E-state index contributed by atoms with van der Waals surface area (Å²) >= 11 is 0. The fourth-order valence-electron chi connectivity index (χ4n) is 1.89. The first-order valence-corrected chi connectivity index (χ1v) is 7.01. The topological polar surface area (TPSA) is 96.9 Å². The van der Waals surface area contributed by atoms with Gasteiger partial charge in [-0.2, -0.15) is 5.10 Å². The zero-order valence-electron chi connectivity index (χ0n) is 12.2. The number of rotatable bonds is 5. The Kier molecular flexibility index (Phi) is 5.24. The van der Waals surface area contributed by atoms with Gasteiger partial charge in [-0.05, 0) is 24.1 Å². The van der Waals surface area contributed by atoms with E-state index >= 15 is 0 Å². The second-order valence-electron chi connectivity index (χ2n) is 4.75. The Morgan fingerprint density at radius 2 is 2.18 bits per heavy atom. The van der Waals surface area contributed by atoms with E-state index in [9.17, 15) is 14.4 Å². The van der Waals surface area contributed by atoms with Gasteiger partial charge in [-0.25, -0.2) is 10.2 Å². The normalized spacial score (nSPS) is 13.9. The molecule has 1 aromatic carbocycles. The summed E-state index contributed by atoms with van der Waals surface area (Å²) in [6.07, 6.45) is 1.31. The monoisotopic (exact) mass is 303 g/mol. The average molecular weight is 303 g/mol. The maximum Gasteiger partial charge on any atom is 0.330 e. The van der Waals surface area contributed by atoms with E-state index in [-0.39, 0.29) is 31.0 Å². The van der Waals surface area contributed by atoms with Crippen LogP contribution in [0.1, 0.15) is 25.3 Å². The van der Waals surface area contributed by atoms with Crippen LogP contribution in [0.4, 0.5) is 0 Å². The predicted octanol–water partition coefficient (Wildman–Crippen LogP) is 0.537. The number of aryl methyl sites for hydroxylation is 1. The summed E-state index contributed by atoms with van der Waals surface area (Å²) in [5.74, 6) is -0.839. The van der Waals surface area contributed by atoms with E-state index in [1.807, 2.05) is 13.0 Å². The Balaban J connectivity index is 1.82. The second kappa shape index (κ2) is 7.35. The molecule has 22 heavy (non-hydrogen) atoms. The SMILES string of the molecule is CCc1cccc(OC(=O)CNC(=O)C2=NNC(=O)CC2)c1. The number of carbonyl (C=O) groups is 3. The molecule has 0 aliphatic carbocycles. The lowest BCUT2D eigenvalue weighted by molar-refractivity contribution is -0.134. The van der Waals surface area contributed by atoms with Gasteiger partial charge in [-0.15, -0.1) is 0 Å². The maximum absolute atomic E-state index is 11.8. The van der Waals surface area contributed by atoms with Gasteiger partial charge in [0.05, 0.1) is 0 Å². The van der Waals surface area contributed by atoms with Crippen molar-refractivity contribution in [1.29, 1.82) is 0 Å². The minimum atomic E-state index is -0.568. The number of hydrogen-bond acceptors (Lipinski definition) is 5. The van der Waals surface area contributed by atoms with Crippen molar-refractivity contribution in [1.82, 2.24) is 10.7 Å². The highest BCUT2D eigenvalue weighted by molar-refractivity contribution is 6.39. The molecule has 116 valence electrons. The van der Waals surface area contributed by atoms with Crippen LogP contribution >= 0.6 is 0 Å². The summed E-state index contributed by atoms with van der Waals surface area (Å²) < 4.78 is 5.15. The lowest BCUT2D eigenvalue weighted by Crippen LogP contribution is -2.39. The standard InChI is InChI=1S/C15H17N3O4/c1-2-10-4-3-5-11(8-10)22-14(20)9-16-15(21)12-6-7-13(19)18-17-12/h3-5,8H,2,6-7,9H2,1H3,(H,16,21)(H,18,19). The summed E-state index contributed by atoms with van der Waals surface area (Å²) in [5, 5.41) is 6.07. The molecule has 2 amide bonds. The van der Waals surface area contributed by atoms with Crippen LogP contribution in [0.15, 0.2) is 29.4 Å². The minimum absolute atomic E-state index is 0.195. The highest BCUT2D eigenvalue weighted by Crippen LogP contribution is 2.13. The number of nitrogens with one attached hydrogen (secondary N) is 2. The van der Waals surface area contributed by atoms with E-state index in [0.717, 1.165) is 12.0 Å². The van der Waals surface area contributed by atoms with Gasteiger partial charge in [0.25, 0.3) is 5.91 Å². The van der Waals surface area contributed by atoms with Crippen LogP contribution in [0.2, 0.25) is 0 Å². The number of carbonyl (C=O) groups excluding carboxylic acids is 3. The molecule has 1 aromatic rings. The molecule has 0 bridgehead atoms. The molecule has 7 heteroatoms. The van der Waals surface area contributed by atoms with Crippen molar-refractivity contribution in [2.45, 2.75) is 26.2 Å². The van der Waals surface area contributed by atoms with Crippen molar-refractivity contribution in [3.8, 4) is 5.75 Å². The van der Waals surface area contributed by atoms with Gasteiger partial charge in [0.15, 0.2) is 0 Å². The molecule has 7 nitrogen and oxygen atoms in total. The van der Waals surface area contributed by atoms with Gasteiger partial charge in [0, 0.05) is 12.8 Å². The number of hydrazone groups is 1. The number of esters is 1. The van der Waals surface area contributed by atoms with Crippen molar-refractivity contribution < 1.29 is 19.1 Å². The summed E-state index contributed by atoms with van der Waals surface area (Å²) in [5.41, 5.74) is 3.48. The summed E-state index contributed by atoms with van der Waals surface area (Å²) in [7, 11) is 0. The number of hydrogen-bond donors (Lipinski definition) is 2. The van der Waals surface area contributed by atoms with Gasteiger partial charge in [-0.3, -0.25) is 9.59 Å². The van der Waals surface area contributed by atoms with Crippen LogP contribution < -0.4 is 15.5 Å². The summed E-state index contributed by atoms with van der Waals surface area (Å²) in [6, 6.07) is 7.20. The first-order valence-electron chi connectivity index (χ1n) is 7.01. The first-order chi connectivity index (χ1) is 10.6. The van der Waals surface area contributed by atoms with E-state index < -0.39 is 11.9 Å². The van der Waals surface area contributed by atoms with Crippen LogP contribution in [0.25, 0.3) is 0 Å². The number of nitrogens with zero attached hydrogens (tertiary/aromatic N) is 1. The Labute approximate surface area is 127 Å². The van der Waals surface area contributed by atoms with Gasteiger partial charge in [-0.1, -0.05) is 19.1 Å². The fourth-order valence-corrected chi connectivity index (χ4v) is 1.89. The number of amides is 2. The third kappa shape index (κ3) is 4.41. The van der Waals surface area contributed by atoms with Crippen molar-refractivity contribution in [2.24, 2.45) is 5.10 Å². The van der Waals surface area contributed by atoms with E-state index in [4.69, 9.17) is 4.74 Å².